The third-order valence-electron chi connectivity index (χ3n) is 3.69. The Balaban J connectivity index is 1.88. The van der Waals surface area contributed by atoms with E-state index in [4.69, 9.17) is 4.74 Å². The number of benzene rings is 2. The minimum Gasteiger partial charge on any atom is -0.458 e. The van der Waals surface area contributed by atoms with E-state index in [9.17, 15) is 4.79 Å². The van der Waals surface area contributed by atoms with E-state index in [2.05, 4.69) is 32.9 Å². The van der Waals surface area contributed by atoms with Crippen LogP contribution < -0.4 is 0 Å². The lowest BCUT2D eigenvalue weighted by Crippen LogP contribution is -2.10. The van der Waals surface area contributed by atoms with Gasteiger partial charge in [-0.05, 0) is 35.1 Å². The quantitative estimate of drug-likeness (QED) is 0.583. The number of carbonyl (C=O) groups is 1. The third-order valence-corrected chi connectivity index (χ3v) is 3.69. The predicted molar refractivity (Wildman–Crippen MR) is 95.2 cm³/mol. The summed E-state index contributed by atoms with van der Waals surface area (Å²) in [5.41, 5.74) is 4.58. The van der Waals surface area contributed by atoms with Crippen LogP contribution in [0, 0.1) is 6.92 Å². The highest BCUT2D eigenvalue weighted by Crippen LogP contribution is 2.22. The molecule has 23 heavy (non-hydrogen) atoms. The van der Waals surface area contributed by atoms with Gasteiger partial charge in [-0.1, -0.05) is 74.9 Å². The summed E-state index contributed by atoms with van der Waals surface area (Å²) in [7, 11) is 0. The number of carbonyl (C=O) groups excluding carboxylic acids is 1. The van der Waals surface area contributed by atoms with Crippen molar-refractivity contribution in [2.24, 2.45) is 0 Å². The van der Waals surface area contributed by atoms with Gasteiger partial charge in [-0.25, -0.2) is 4.79 Å². The molecule has 0 heterocycles. The van der Waals surface area contributed by atoms with Gasteiger partial charge in [0.15, 0.2) is 0 Å². The maximum Gasteiger partial charge on any atom is 0.331 e. The lowest BCUT2D eigenvalue weighted by atomic mass is 9.87. The van der Waals surface area contributed by atoms with Crippen LogP contribution in [-0.4, -0.2) is 5.97 Å². The molecule has 0 aromatic heterocycles. The first-order valence-corrected chi connectivity index (χ1v) is 7.85. The smallest absolute Gasteiger partial charge is 0.331 e. The number of hydrogen-bond acceptors (Lipinski definition) is 2. The SMILES string of the molecule is Cc1ccc(C=CC(=O)OCc2ccc(C(C)(C)C)cc2)cc1. The number of esters is 1. The fraction of sp³-hybridized carbons (Fsp3) is 0.286. The van der Waals surface area contributed by atoms with Gasteiger partial charge in [-0.15, -0.1) is 0 Å². The average Bonchev–Trinajstić information content (AvgIpc) is 2.52. The molecule has 0 aliphatic carbocycles. The van der Waals surface area contributed by atoms with Crippen molar-refractivity contribution in [1.29, 1.82) is 0 Å². The van der Waals surface area contributed by atoms with Gasteiger partial charge in [0, 0.05) is 6.08 Å². The molecule has 0 saturated heterocycles. The molecule has 120 valence electrons. The Labute approximate surface area is 138 Å². The molecule has 0 atom stereocenters. The molecule has 2 heteroatoms. The molecule has 0 spiro atoms. The summed E-state index contributed by atoms with van der Waals surface area (Å²) in [5, 5.41) is 0. The molecular formula is C21H24O2. The topological polar surface area (TPSA) is 26.3 Å². The molecule has 2 aromatic carbocycles. The van der Waals surface area contributed by atoms with E-state index in [0.717, 1.165) is 11.1 Å². The molecule has 0 saturated carbocycles. The van der Waals surface area contributed by atoms with Gasteiger partial charge < -0.3 is 4.74 Å². The molecule has 0 amide bonds. The predicted octanol–water partition coefficient (Wildman–Crippen LogP) is 5.05. The highest BCUT2D eigenvalue weighted by molar-refractivity contribution is 5.87. The molecule has 2 nitrogen and oxygen atoms in total. The average molecular weight is 308 g/mol. The molecule has 0 N–H and O–H groups in total. The van der Waals surface area contributed by atoms with E-state index in [1.165, 1.54) is 17.2 Å². The summed E-state index contributed by atoms with van der Waals surface area (Å²) in [4.78, 5) is 11.8. The van der Waals surface area contributed by atoms with Crippen LogP contribution in [0.15, 0.2) is 54.6 Å². The Kier molecular flexibility index (Phi) is 5.38. The van der Waals surface area contributed by atoms with Gasteiger partial charge in [0.05, 0.1) is 0 Å². The number of rotatable bonds is 4. The van der Waals surface area contributed by atoms with Crippen molar-refractivity contribution in [3.63, 3.8) is 0 Å². The number of hydrogen-bond donors (Lipinski definition) is 0. The fourth-order valence-electron chi connectivity index (χ4n) is 2.15. The third kappa shape index (κ3) is 5.41. The lowest BCUT2D eigenvalue weighted by molar-refractivity contribution is -0.138. The molecule has 2 rings (SSSR count). The van der Waals surface area contributed by atoms with E-state index in [1.807, 2.05) is 43.3 Å². The Morgan fingerprint density at radius 3 is 2.17 bits per heavy atom. The first kappa shape index (κ1) is 17.0. The molecule has 0 bridgehead atoms. The van der Waals surface area contributed by atoms with Gasteiger partial charge in [0.2, 0.25) is 0 Å². The van der Waals surface area contributed by atoms with Crippen molar-refractivity contribution in [1.82, 2.24) is 0 Å². The molecule has 0 radical (unpaired) electrons. The molecular weight excluding hydrogens is 284 g/mol. The maximum absolute atomic E-state index is 11.8. The summed E-state index contributed by atoms with van der Waals surface area (Å²) in [6.45, 7) is 8.86. The Morgan fingerprint density at radius 2 is 1.61 bits per heavy atom. The standard InChI is InChI=1S/C21H24O2/c1-16-5-7-17(8-6-16)11-14-20(22)23-15-18-9-12-19(13-10-18)21(2,3)4/h5-14H,15H2,1-4H3. The maximum atomic E-state index is 11.8. The van der Waals surface area contributed by atoms with Crippen LogP contribution in [-0.2, 0) is 21.6 Å². The van der Waals surface area contributed by atoms with Gasteiger partial charge >= 0.3 is 5.97 Å². The minimum absolute atomic E-state index is 0.131. The minimum atomic E-state index is -0.328. The van der Waals surface area contributed by atoms with Crippen molar-refractivity contribution in [3.05, 3.63) is 76.9 Å². The zero-order valence-corrected chi connectivity index (χ0v) is 14.3. The second-order valence-corrected chi connectivity index (χ2v) is 6.80. The summed E-state index contributed by atoms with van der Waals surface area (Å²) < 4.78 is 5.27. The molecule has 0 unspecified atom stereocenters. The van der Waals surface area contributed by atoms with E-state index >= 15 is 0 Å². The van der Waals surface area contributed by atoms with E-state index < -0.39 is 0 Å². The Hall–Kier alpha value is -2.35. The highest BCUT2D eigenvalue weighted by Gasteiger charge is 2.12. The van der Waals surface area contributed by atoms with Gasteiger partial charge in [0.1, 0.15) is 6.61 Å². The molecule has 0 aliphatic heterocycles. The van der Waals surface area contributed by atoms with E-state index in [-0.39, 0.29) is 11.4 Å². The Bertz CT molecular complexity index is 671. The summed E-state index contributed by atoms with van der Waals surface area (Å²) in [6.07, 6.45) is 3.23. The van der Waals surface area contributed by atoms with E-state index in [1.54, 1.807) is 6.08 Å². The van der Waals surface area contributed by atoms with Crippen molar-refractivity contribution in [2.45, 2.75) is 39.7 Å². The van der Waals surface area contributed by atoms with Crippen molar-refractivity contribution in [2.75, 3.05) is 0 Å². The fourth-order valence-corrected chi connectivity index (χ4v) is 2.15. The van der Waals surface area contributed by atoms with Crippen LogP contribution in [0.4, 0.5) is 0 Å². The molecule has 0 aliphatic rings. The van der Waals surface area contributed by atoms with Crippen LogP contribution in [0.2, 0.25) is 0 Å². The largest absolute Gasteiger partial charge is 0.458 e. The second kappa shape index (κ2) is 7.28. The zero-order valence-electron chi connectivity index (χ0n) is 14.3. The van der Waals surface area contributed by atoms with E-state index in [0.29, 0.717) is 6.61 Å². The monoisotopic (exact) mass is 308 g/mol. The van der Waals surface area contributed by atoms with Gasteiger partial charge in [-0.2, -0.15) is 0 Å². The van der Waals surface area contributed by atoms with Gasteiger partial charge in [-0.3, -0.25) is 0 Å². The number of aryl methyl sites for hydroxylation is 1. The zero-order chi connectivity index (χ0) is 16.9. The first-order valence-electron chi connectivity index (χ1n) is 7.85. The Morgan fingerprint density at radius 1 is 1.00 bits per heavy atom. The van der Waals surface area contributed by atoms with Crippen molar-refractivity contribution >= 4 is 12.0 Å². The molecule has 2 aromatic rings. The number of ether oxygens (including phenoxy) is 1. The summed E-state index contributed by atoms with van der Waals surface area (Å²) in [5.74, 6) is -0.328. The van der Waals surface area contributed by atoms with Crippen LogP contribution in [0.5, 0.6) is 0 Å². The summed E-state index contributed by atoms with van der Waals surface area (Å²) >= 11 is 0. The van der Waals surface area contributed by atoms with Crippen molar-refractivity contribution < 1.29 is 9.53 Å². The molecule has 0 fully saturated rings. The van der Waals surface area contributed by atoms with Crippen LogP contribution in [0.3, 0.4) is 0 Å². The second-order valence-electron chi connectivity index (χ2n) is 6.80. The van der Waals surface area contributed by atoms with Crippen molar-refractivity contribution in [3.8, 4) is 0 Å². The highest BCUT2D eigenvalue weighted by atomic mass is 16.5. The summed E-state index contributed by atoms with van der Waals surface area (Å²) in [6, 6.07) is 16.2. The first-order chi connectivity index (χ1) is 10.8. The van der Waals surface area contributed by atoms with Gasteiger partial charge in [0.25, 0.3) is 0 Å². The van der Waals surface area contributed by atoms with Crippen LogP contribution in [0.1, 0.15) is 43.0 Å². The van der Waals surface area contributed by atoms with Crippen LogP contribution in [0.25, 0.3) is 6.08 Å². The lowest BCUT2D eigenvalue weighted by Gasteiger charge is -2.19. The van der Waals surface area contributed by atoms with Crippen LogP contribution >= 0.6 is 0 Å². The normalized spacial score (nSPS) is 11.7.